The van der Waals surface area contributed by atoms with Crippen LogP contribution in [0.15, 0.2) is 72.8 Å². The number of hydrogen-bond donors (Lipinski definition) is 0. The second kappa shape index (κ2) is 11.7. The molecule has 214 valence electrons. The zero-order valence-electron chi connectivity index (χ0n) is 22.3. The van der Waals surface area contributed by atoms with Crippen LogP contribution in [0.3, 0.4) is 0 Å². The van der Waals surface area contributed by atoms with Gasteiger partial charge in [-0.2, -0.15) is 21.6 Å². The first kappa shape index (κ1) is 28.9. The summed E-state index contributed by atoms with van der Waals surface area (Å²) in [6, 6.07) is 20.9. The smallest absolute Gasteiger partial charge is 0.375 e. The number of para-hydroxylation sites is 1. The third-order valence-electron chi connectivity index (χ3n) is 8.39. The minimum Gasteiger partial charge on any atom is -0.375 e. The van der Waals surface area contributed by atoms with E-state index in [1.54, 1.807) is 18.2 Å². The molecule has 0 saturated heterocycles. The maximum atomic E-state index is 15.3. The molecule has 4 nitrogen and oxygen atoms in total. The van der Waals surface area contributed by atoms with Crippen LogP contribution in [-0.4, -0.2) is 25.2 Å². The Labute approximate surface area is 234 Å². The Bertz CT molecular complexity index is 1450. The van der Waals surface area contributed by atoms with Crippen LogP contribution in [0.25, 0.3) is 22.3 Å². The quantitative estimate of drug-likeness (QED) is 0.157. The van der Waals surface area contributed by atoms with Gasteiger partial charge in [-0.15, -0.1) is 0 Å². The molecule has 40 heavy (non-hydrogen) atoms. The molecule has 2 aliphatic rings. The van der Waals surface area contributed by atoms with Crippen molar-refractivity contribution in [2.75, 3.05) is 0 Å². The molecule has 3 aromatic carbocycles. The molecule has 0 spiro atoms. The molecule has 2 aliphatic carbocycles. The summed E-state index contributed by atoms with van der Waals surface area (Å²) in [6.45, 7) is 0. The van der Waals surface area contributed by atoms with E-state index in [0.717, 1.165) is 67.8 Å². The predicted octanol–water partition coefficient (Wildman–Crippen LogP) is 8.90. The first-order valence-electron chi connectivity index (χ1n) is 14.0. The van der Waals surface area contributed by atoms with Gasteiger partial charge in [-0.3, -0.25) is 0 Å². The minimum atomic E-state index is -5.81. The first-order chi connectivity index (χ1) is 19.1. The molecule has 0 bridgehead atoms. The van der Waals surface area contributed by atoms with E-state index in [4.69, 9.17) is 0 Å². The molecular formula is C31H34F3O4PS. The van der Waals surface area contributed by atoms with Crippen molar-refractivity contribution in [2.45, 2.75) is 81.0 Å². The van der Waals surface area contributed by atoms with Gasteiger partial charge in [0.25, 0.3) is 0 Å². The molecule has 0 radical (unpaired) electrons. The Morgan fingerprint density at radius 1 is 0.650 bits per heavy atom. The number of hydrogen-bond acceptors (Lipinski definition) is 4. The normalized spacial score (nSPS) is 18.0. The lowest BCUT2D eigenvalue weighted by Crippen LogP contribution is -2.30. The van der Waals surface area contributed by atoms with Gasteiger partial charge in [0.1, 0.15) is 7.14 Å². The van der Waals surface area contributed by atoms with Gasteiger partial charge in [0.2, 0.25) is 0 Å². The van der Waals surface area contributed by atoms with E-state index >= 15 is 4.57 Å². The molecule has 0 aliphatic heterocycles. The van der Waals surface area contributed by atoms with Gasteiger partial charge >= 0.3 is 15.6 Å². The van der Waals surface area contributed by atoms with Crippen LogP contribution < -0.4 is 9.49 Å². The van der Waals surface area contributed by atoms with Crippen LogP contribution in [0.2, 0.25) is 0 Å². The average Bonchev–Trinajstić information content (AvgIpc) is 2.97. The van der Waals surface area contributed by atoms with E-state index in [-0.39, 0.29) is 16.9 Å². The molecule has 3 aromatic rings. The molecule has 0 atom stereocenters. The summed E-state index contributed by atoms with van der Waals surface area (Å²) in [5.41, 5.74) is -2.60. The highest BCUT2D eigenvalue weighted by Crippen LogP contribution is 2.62. The van der Waals surface area contributed by atoms with Crippen molar-refractivity contribution < 1.29 is 30.3 Å². The van der Waals surface area contributed by atoms with Crippen molar-refractivity contribution in [2.24, 2.45) is 0 Å². The Hall–Kier alpha value is -2.57. The maximum Gasteiger partial charge on any atom is 0.534 e. The lowest BCUT2D eigenvalue weighted by molar-refractivity contribution is -0.0499. The number of alkyl halides is 3. The third-order valence-corrected chi connectivity index (χ3v) is 13.7. The molecule has 2 fully saturated rings. The van der Waals surface area contributed by atoms with E-state index < -0.39 is 28.5 Å². The van der Waals surface area contributed by atoms with E-state index in [2.05, 4.69) is 4.18 Å². The zero-order valence-corrected chi connectivity index (χ0v) is 24.0. The van der Waals surface area contributed by atoms with Gasteiger partial charge < -0.3 is 8.75 Å². The topological polar surface area (TPSA) is 60.4 Å². The van der Waals surface area contributed by atoms with Crippen LogP contribution in [0, 0.1) is 0 Å². The molecular weight excluding hydrogens is 556 g/mol. The zero-order chi connectivity index (χ0) is 28.4. The third kappa shape index (κ3) is 5.75. The van der Waals surface area contributed by atoms with Crippen LogP contribution >= 0.6 is 7.14 Å². The predicted molar refractivity (Wildman–Crippen MR) is 154 cm³/mol. The van der Waals surface area contributed by atoms with Crippen LogP contribution in [0.5, 0.6) is 5.75 Å². The van der Waals surface area contributed by atoms with Crippen molar-refractivity contribution in [3.63, 3.8) is 0 Å². The lowest BCUT2D eigenvalue weighted by atomic mass is 9.99. The molecule has 0 amide bonds. The second-order valence-corrected chi connectivity index (χ2v) is 15.8. The monoisotopic (exact) mass is 590 g/mol. The Morgan fingerprint density at radius 3 is 1.62 bits per heavy atom. The number of halogens is 3. The van der Waals surface area contributed by atoms with Gasteiger partial charge in [-0.25, -0.2) is 0 Å². The average molecular weight is 591 g/mol. The number of benzene rings is 3. The molecule has 9 heteroatoms. The molecule has 0 N–H and O–H groups in total. The van der Waals surface area contributed by atoms with E-state index in [9.17, 15) is 21.6 Å². The minimum absolute atomic E-state index is 0.199. The molecule has 5 rings (SSSR count). The van der Waals surface area contributed by atoms with Crippen molar-refractivity contribution in [1.82, 2.24) is 0 Å². The highest BCUT2D eigenvalue weighted by molar-refractivity contribution is 7.88. The van der Waals surface area contributed by atoms with Gasteiger partial charge in [-0.05, 0) is 48.4 Å². The standard InChI is InChI=1S/C31H34F3O4PS/c32-31(33,34)40(36,37)38-29-17-9-7-15-27(29)23-19-21-24(22-20-23)28-16-8-10-18-30(28)39(35,25-11-3-1-4-12-25)26-13-5-2-6-14-26/h7-10,15-22,25-26H,1-6,11-14H2. The van der Waals surface area contributed by atoms with E-state index in [0.29, 0.717) is 5.56 Å². The van der Waals surface area contributed by atoms with Crippen molar-refractivity contribution in [1.29, 1.82) is 0 Å². The van der Waals surface area contributed by atoms with Gasteiger partial charge in [0.15, 0.2) is 5.75 Å². The Balaban J connectivity index is 1.52. The molecule has 2 saturated carbocycles. The lowest BCUT2D eigenvalue weighted by Gasteiger charge is -2.39. The van der Waals surface area contributed by atoms with Gasteiger partial charge in [0, 0.05) is 22.2 Å². The van der Waals surface area contributed by atoms with E-state index in [1.807, 2.05) is 36.4 Å². The van der Waals surface area contributed by atoms with Crippen LogP contribution in [0.1, 0.15) is 64.2 Å². The molecule has 0 unspecified atom stereocenters. The van der Waals surface area contributed by atoms with Crippen molar-refractivity contribution in [3.8, 4) is 28.0 Å². The van der Waals surface area contributed by atoms with E-state index in [1.165, 1.54) is 31.0 Å². The molecule has 0 aromatic heterocycles. The van der Waals surface area contributed by atoms with Crippen LogP contribution in [0.4, 0.5) is 13.2 Å². The summed E-state index contributed by atoms with van der Waals surface area (Å²) in [6.07, 6.45) is 10.8. The Kier molecular flexibility index (Phi) is 8.49. The van der Waals surface area contributed by atoms with Crippen molar-refractivity contribution >= 4 is 22.6 Å². The van der Waals surface area contributed by atoms with Crippen LogP contribution in [-0.2, 0) is 14.7 Å². The van der Waals surface area contributed by atoms with Gasteiger partial charge in [0.05, 0.1) is 0 Å². The summed E-state index contributed by atoms with van der Waals surface area (Å²) in [7, 11) is -8.54. The fourth-order valence-corrected chi connectivity index (χ4v) is 11.4. The SMILES string of the molecule is O=P(c1ccccc1-c1ccc(-c2ccccc2OS(=O)(=O)C(F)(F)F)cc1)(C1CCCCC1)C1CCCCC1. The number of rotatable bonds is 7. The fourth-order valence-electron chi connectivity index (χ4n) is 6.42. The summed E-state index contributed by atoms with van der Waals surface area (Å²) >= 11 is 0. The fraction of sp³-hybridized carbons (Fsp3) is 0.419. The highest BCUT2D eigenvalue weighted by atomic mass is 32.2. The Morgan fingerprint density at radius 2 is 1.10 bits per heavy atom. The summed E-state index contributed by atoms with van der Waals surface area (Å²) in [5, 5.41) is 0.946. The van der Waals surface area contributed by atoms with Gasteiger partial charge in [-0.1, -0.05) is 105 Å². The second-order valence-electron chi connectivity index (χ2n) is 10.9. The first-order valence-corrected chi connectivity index (χ1v) is 17.3. The van der Waals surface area contributed by atoms with Crippen molar-refractivity contribution in [3.05, 3.63) is 72.8 Å². The molecule has 0 heterocycles. The summed E-state index contributed by atoms with van der Waals surface area (Å²) < 4.78 is 82.0. The largest absolute Gasteiger partial charge is 0.534 e. The maximum absolute atomic E-state index is 15.3. The highest BCUT2D eigenvalue weighted by Gasteiger charge is 2.49. The summed E-state index contributed by atoms with van der Waals surface area (Å²) in [4.78, 5) is 0. The summed E-state index contributed by atoms with van der Waals surface area (Å²) in [5.74, 6) is -0.396.